The van der Waals surface area contributed by atoms with Crippen LogP contribution in [0.5, 0.6) is 0 Å². The monoisotopic (exact) mass is 510 g/mol. The fraction of sp³-hybridized carbons (Fsp3) is 0.720. The van der Waals surface area contributed by atoms with Crippen molar-refractivity contribution in [3.8, 4) is 0 Å². The molecule has 0 radical (unpaired) electrons. The van der Waals surface area contributed by atoms with Crippen LogP contribution < -0.4 is 0 Å². The molecule has 2 fully saturated rings. The number of hydrogen-bond donors (Lipinski definition) is 0. The van der Waals surface area contributed by atoms with E-state index >= 15 is 0 Å². The molecule has 1 aliphatic heterocycles. The summed E-state index contributed by atoms with van der Waals surface area (Å²) in [6.45, 7) is 11.1. The van der Waals surface area contributed by atoms with Gasteiger partial charge in [-0.1, -0.05) is 47.2 Å². The average Bonchev–Trinajstić information content (AvgIpc) is 3.23. The maximum Gasteiger partial charge on any atom is 0.169 e. The molecule has 0 amide bonds. The lowest BCUT2D eigenvalue weighted by atomic mass is 9.96. The van der Waals surface area contributed by atoms with Gasteiger partial charge >= 0.3 is 0 Å². The fourth-order valence-electron chi connectivity index (χ4n) is 5.39. The third-order valence-electron chi connectivity index (χ3n) is 6.66. The molecule has 0 spiro atoms. The first-order chi connectivity index (χ1) is 15.0. The zero-order valence-corrected chi connectivity index (χ0v) is 21.8. The smallest absolute Gasteiger partial charge is 0.169 e. The van der Waals surface area contributed by atoms with Crippen molar-refractivity contribution in [1.29, 1.82) is 0 Å². The van der Waals surface area contributed by atoms with Gasteiger partial charge in [0.05, 0.1) is 0 Å². The summed E-state index contributed by atoms with van der Waals surface area (Å²) >= 11 is 9.65. The normalized spacial score (nSPS) is 24.1. The summed E-state index contributed by atoms with van der Waals surface area (Å²) in [5.74, 6) is -0.470. The lowest BCUT2D eigenvalue weighted by molar-refractivity contribution is -0.245. The van der Waals surface area contributed by atoms with E-state index in [2.05, 4.69) is 70.8 Å². The van der Waals surface area contributed by atoms with Crippen molar-refractivity contribution in [2.24, 2.45) is 0 Å². The third kappa shape index (κ3) is 6.29. The van der Waals surface area contributed by atoms with Gasteiger partial charge < -0.3 is 14.4 Å². The van der Waals surface area contributed by atoms with Crippen molar-refractivity contribution >= 4 is 33.1 Å². The summed E-state index contributed by atoms with van der Waals surface area (Å²) < 4.78 is 13.7. The van der Waals surface area contributed by atoms with Crippen LogP contribution in [0.25, 0.3) is 0 Å². The zero-order chi connectivity index (χ0) is 22.3. The third-order valence-corrected chi connectivity index (χ3v) is 7.66. The second kappa shape index (κ2) is 12.1. The highest BCUT2D eigenvalue weighted by Gasteiger charge is 2.44. The summed E-state index contributed by atoms with van der Waals surface area (Å²) in [4.78, 5) is 6.19. The van der Waals surface area contributed by atoms with Gasteiger partial charge in [-0.15, -0.1) is 0 Å². The van der Waals surface area contributed by atoms with Crippen LogP contribution in [-0.4, -0.2) is 65.5 Å². The molecule has 1 aromatic carbocycles. The molecule has 1 saturated heterocycles. The van der Waals surface area contributed by atoms with E-state index in [0.717, 1.165) is 53.7 Å². The molecule has 2 atom stereocenters. The summed E-state index contributed by atoms with van der Waals surface area (Å²) in [5.41, 5.74) is 1.14. The Morgan fingerprint density at radius 3 is 2.32 bits per heavy atom. The van der Waals surface area contributed by atoms with Crippen LogP contribution in [0.15, 0.2) is 28.7 Å². The van der Waals surface area contributed by atoms with Gasteiger partial charge in [0.25, 0.3) is 0 Å². The van der Waals surface area contributed by atoms with Crippen molar-refractivity contribution < 1.29 is 9.47 Å². The van der Waals surface area contributed by atoms with Crippen molar-refractivity contribution in [2.45, 2.75) is 83.6 Å². The molecule has 1 saturated carbocycles. The van der Waals surface area contributed by atoms with Gasteiger partial charge in [-0.05, 0) is 71.2 Å². The van der Waals surface area contributed by atoms with Gasteiger partial charge in [0, 0.05) is 54.7 Å². The molecule has 0 aromatic heterocycles. The molecule has 31 heavy (non-hydrogen) atoms. The van der Waals surface area contributed by atoms with Gasteiger partial charge in [0.1, 0.15) is 4.99 Å². The Balaban J connectivity index is 1.93. The number of thiocarbonyl (C=S) groups is 1. The number of hydrogen-bond acceptors (Lipinski definition) is 4. The van der Waals surface area contributed by atoms with Crippen LogP contribution in [-0.2, 0) is 9.47 Å². The van der Waals surface area contributed by atoms with E-state index in [1.54, 1.807) is 0 Å². The van der Waals surface area contributed by atoms with Gasteiger partial charge in [-0.2, -0.15) is 0 Å². The minimum atomic E-state index is -0.470. The number of ether oxygens (including phenoxy) is 2. The van der Waals surface area contributed by atoms with Gasteiger partial charge in [0.15, 0.2) is 5.79 Å². The lowest BCUT2D eigenvalue weighted by Gasteiger charge is -2.44. The largest absolute Gasteiger partial charge is 0.358 e. The zero-order valence-electron chi connectivity index (χ0n) is 19.4. The van der Waals surface area contributed by atoms with Gasteiger partial charge in [-0.3, -0.25) is 4.90 Å². The number of likely N-dealkylation sites (tertiary alicyclic amines) is 1. The lowest BCUT2D eigenvalue weighted by Crippen LogP contribution is -2.55. The molecule has 2 unspecified atom stereocenters. The van der Waals surface area contributed by atoms with Crippen LogP contribution in [0.2, 0.25) is 0 Å². The maximum absolute atomic E-state index is 6.32. The number of benzene rings is 1. The molecule has 0 bridgehead atoms. The molecule has 1 heterocycles. The van der Waals surface area contributed by atoms with E-state index < -0.39 is 5.79 Å². The standard InChI is InChI=1S/C25H39BrN2O2S/c1-4-16-28(24(31)20-11-13-21(26)14-12-20)22-10-9-15-25(29-5-2,30-6-3)19-23(22)27-17-7-8-18-27/h11-14,22-23H,4-10,15-19H2,1-3H3. The molecular formula is C25H39BrN2O2S. The molecule has 6 heteroatoms. The van der Waals surface area contributed by atoms with Crippen molar-refractivity contribution in [3.05, 3.63) is 34.3 Å². The Hall–Kier alpha value is -0.530. The van der Waals surface area contributed by atoms with E-state index in [-0.39, 0.29) is 0 Å². The minimum Gasteiger partial charge on any atom is -0.358 e. The van der Waals surface area contributed by atoms with Crippen molar-refractivity contribution in [1.82, 2.24) is 9.80 Å². The van der Waals surface area contributed by atoms with Gasteiger partial charge in [0.2, 0.25) is 0 Å². The van der Waals surface area contributed by atoms with Crippen LogP contribution in [0.4, 0.5) is 0 Å². The van der Waals surface area contributed by atoms with Crippen LogP contribution in [0, 0.1) is 0 Å². The van der Waals surface area contributed by atoms with Crippen LogP contribution in [0.3, 0.4) is 0 Å². The van der Waals surface area contributed by atoms with E-state index in [4.69, 9.17) is 21.7 Å². The van der Waals surface area contributed by atoms with E-state index in [1.807, 2.05) is 0 Å². The van der Waals surface area contributed by atoms with Crippen molar-refractivity contribution in [3.63, 3.8) is 0 Å². The number of rotatable bonds is 9. The first kappa shape index (κ1) is 25.1. The molecule has 1 aliphatic carbocycles. The first-order valence-corrected chi connectivity index (χ1v) is 13.3. The Labute approximate surface area is 202 Å². The van der Waals surface area contributed by atoms with Gasteiger partial charge in [-0.25, -0.2) is 0 Å². The second-order valence-electron chi connectivity index (χ2n) is 8.76. The first-order valence-electron chi connectivity index (χ1n) is 12.1. The second-order valence-corrected chi connectivity index (χ2v) is 10.1. The van der Waals surface area contributed by atoms with E-state index in [9.17, 15) is 0 Å². The molecule has 3 rings (SSSR count). The summed E-state index contributed by atoms with van der Waals surface area (Å²) in [7, 11) is 0. The van der Waals surface area contributed by atoms with Crippen LogP contribution in [0.1, 0.15) is 71.3 Å². The van der Waals surface area contributed by atoms with Crippen molar-refractivity contribution in [2.75, 3.05) is 32.8 Å². The molecule has 2 aliphatic rings. The Morgan fingerprint density at radius 1 is 1.10 bits per heavy atom. The molecular weight excluding hydrogens is 472 g/mol. The highest BCUT2D eigenvalue weighted by atomic mass is 79.9. The predicted molar refractivity (Wildman–Crippen MR) is 136 cm³/mol. The highest BCUT2D eigenvalue weighted by molar-refractivity contribution is 9.10. The Bertz CT molecular complexity index is 687. The van der Waals surface area contributed by atoms with E-state index in [1.165, 1.54) is 25.9 Å². The molecule has 4 nitrogen and oxygen atoms in total. The molecule has 174 valence electrons. The summed E-state index contributed by atoms with van der Waals surface area (Å²) in [6, 6.07) is 9.24. The minimum absolute atomic E-state index is 0.386. The quantitative estimate of drug-likeness (QED) is 0.230. The summed E-state index contributed by atoms with van der Waals surface area (Å²) in [6.07, 6.45) is 7.75. The SMILES string of the molecule is CCCN(C(=S)c1ccc(Br)cc1)C1CCCC(OCC)(OCC)CC1N1CCCC1. The summed E-state index contributed by atoms with van der Waals surface area (Å²) in [5, 5.41) is 0. The van der Waals surface area contributed by atoms with E-state index in [0.29, 0.717) is 25.3 Å². The molecule has 0 N–H and O–H groups in total. The molecule has 1 aromatic rings. The fourth-order valence-corrected chi connectivity index (χ4v) is 6.01. The predicted octanol–water partition coefficient (Wildman–Crippen LogP) is 6.01. The average molecular weight is 512 g/mol. The Morgan fingerprint density at radius 2 is 1.74 bits per heavy atom. The Kier molecular flexibility index (Phi) is 9.78. The topological polar surface area (TPSA) is 24.9 Å². The highest BCUT2D eigenvalue weighted by Crippen LogP contribution is 2.38. The maximum atomic E-state index is 6.32. The number of nitrogens with zero attached hydrogens (tertiary/aromatic N) is 2. The number of halogens is 1. The van der Waals surface area contributed by atoms with Crippen LogP contribution >= 0.6 is 28.1 Å².